The molecule has 0 saturated heterocycles. The molecular formula is C10H10O2S2. The summed E-state index contributed by atoms with van der Waals surface area (Å²) in [7, 11) is 3.29. The highest BCUT2D eigenvalue weighted by molar-refractivity contribution is 7.81. The Kier molecular flexibility index (Phi) is 2.56. The summed E-state index contributed by atoms with van der Waals surface area (Å²) < 4.78 is 11.6. The van der Waals surface area contributed by atoms with Crippen LogP contribution in [0.25, 0.3) is 10.1 Å². The van der Waals surface area contributed by atoms with Gasteiger partial charge in [0.25, 0.3) is 0 Å². The summed E-state index contributed by atoms with van der Waals surface area (Å²) in [6.45, 7) is 0. The largest absolute Gasteiger partial charge is 0.496 e. The van der Waals surface area contributed by atoms with Crippen molar-refractivity contribution >= 4 is 34.1 Å². The number of ether oxygens (including phenoxy) is 2. The maximum atomic E-state index is 5.28. The fraction of sp³-hybridized carbons (Fsp3) is 0.200. The minimum atomic E-state index is 0.750. The van der Waals surface area contributed by atoms with E-state index in [1.807, 2.05) is 17.5 Å². The molecule has 74 valence electrons. The fourth-order valence-electron chi connectivity index (χ4n) is 1.39. The van der Waals surface area contributed by atoms with E-state index in [2.05, 4.69) is 12.6 Å². The van der Waals surface area contributed by atoms with E-state index < -0.39 is 0 Å². The number of hydrogen-bond acceptors (Lipinski definition) is 4. The molecule has 0 unspecified atom stereocenters. The van der Waals surface area contributed by atoms with Crippen LogP contribution in [0.1, 0.15) is 0 Å². The molecule has 1 heterocycles. The van der Waals surface area contributed by atoms with Gasteiger partial charge in [0.1, 0.15) is 11.5 Å². The molecule has 0 bridgehead atoms. The molecule has 0 atom stereocenters. The van der Waals surface area contributed by atoms with E-state index in [0.717, 1.165) is 26.5 Å². The van der Waals surface area contributed by atoms with Crippen molar-refractivity contribution in [1.29, 1.82) is 0 Å². The lowest BCUT2D eigenvalue weighted by Crippen LogP contribution is -1.88. The zero-order chi connectivity index (χ0) is 10.1. The Morgan fingerprint density at radius 1 is 1.21 bits per heavy atom. The maximum absolute atomic E-state index is 5.28. The van der Waals surface area contributed by atoms with E-state index in [9.17, 15) is 0 Å². The number of thiophene rings is 1. The summed E-state index contributed by atoms with van der Waals surface area (Å²) in [6.07, 6.45) is 0. The van der Waals surface area contributed by atoms with E-state index in [1.54, 1.807) is 25.6 Å². The standard InChI is InChI=1S/C10H10O2S2/c1-11-7-5-8(12-2)9(13)10-6(7)3-4-14-10/h3-5,13H,1-2H3. The van der Waals surface area contributed by atoms with Gasteiger partial charge in [-0.25, -0.2) is 0 Å². The van der Waals surface area contributed by atoms with Crippen LogP contribution in [0.3, 0.4) is 0 Å². The summed E-state index contributed by atoms with van der Waals surface area (Å²) in [5, 5.41) is 3.11. The van der Waals surface area contributed by atoms with Gasteiger partial charge in [-0.3, -0.25) is 0 Å². The summed E-state index contributed by atoms with van der Waals surface area (Å²) in [4.78, 5) is 0.873. The second-order valence-electron chi connectivity index (χ2n) is 2.79. The van der Waals surface area contributed by atoms with E-state index in [1.165, 1.54) is 0 Å². The Bertz CT molecular complexity index is 462. The fourth-order valence-corrected chi connectivity index (χ4v) is 2.67. The number of methoxy groups -OCH3 is 2. The van der Waals surface area contributed by atoms with Crippen LogP contribution in [0.5, 0.6) is 11.5 Å². The molecule has 2 aromatic rings. The van der Waals surface area contributed by atoms with Gasteiger partial charge < -0.3 is 9.47 Å². The average Bonchev–Trinajstić information content (AvgIpc) is 2.68. The topological polar surface area (TPSA) is 18.5 Å². The van der Waals surface area contributed by atoms with E-state index in [0.29, 0.717) is 0 Å². The van der Waals surface area contributed by atoms with Gasteiger partial charge in [-0.1, -0.05) is 0 Å². The molecule has 0 aliphatic carbocycles. The highest BCUT2D eigenvalue weighted by Crippen LogP contribution is 2.40. The summed E-state index contributed by atoms with van der Waals surface area (Å²) >= 11 is 6.06. The van der Waals surface area contributed by atoms with Gasteiger partial charge in [0.05, 0.1) is 23.8 Å². The van der Waals surface area contributed by atoms with Gasteiger partial charge in [0, 0.05) is 11.5 Å². The van der Waals surface area contributed by atoms with Crippen LogP contribution in [-0.2, 0) is 0 Å². The SMILES string of the molecule is COc1cc(OC)c2ccsc2c1S. The van der Waals surface area contributed by atoms with E-state index in [4.69, 9.17) is 9.47 Å². The second-order valence-corrected chi connectivity index (χ2v) is 4.16. The van der Waals surface area contributed by atoms with Crippen molar-refractivity contribution in [1.82, 2.24) is 0 Å². The monoisotopic (exact) mass is 226 g/mol. The number of benzene rings is 1. The summed E-state index contributed by atoms with van der Waals surface area (Å²) in [5.74, 6) is 1.58. The normalized spacial score (nSPS) is 10.5. The van der Waals surface area contributed by atoms with Crippen LogP contribution in [0.2, 0.25) is 0 Å². The molecule has 0 saturated carbocycles. The van der Waals surface area contributed by atoms with Crippen LogP contribution in [0.15, 0.2) is 22.4 Å². The molecule has 0 radical (unpaired) electrons. The average molecular weight is 226 g/mol. The molecule has 0 aliphatic rings. The van der Waals surface area contributed by atoms with Crippen LogP contribution < -0.4 is 9.47 Å². The molecule has 1 aromatic carbocycles. The van der Waals surface area contributed by atoms with Crippen LogP contribution >= 0.6 is 24.0 Å². The highest BCUT2D eigenvalue weighted by Gasteiger charge is 2.11. The second kappa shape index (κ2) is 3.71. The van der Waals surface area contributed by atoms with Crippen LogP contribution in [0, 0.1) is 0 Å². The Morgan fingerprint density at radius 2 is 1.93 bits per heavy atom. The van der Waals surface area contributed by atoms with E-state index in [-0.39, 0.29) is 0 Å². The molecule has 0 N–H and O–H groups in total. The Morgan fingerprint density at radius 3 is 2.57 bits per heavy atom. The number of fused-ring (bicyclic) bond motifs is 1. The predicted molar refractivity (Wildman–Crippen MR) is 62.2 cm³/mol. The summed E-state index contributed by atoms with van der Waals surface area (Å²) in [6, 6.07) is 3.88. The number of hydrogen-bond donors (Lipinski definition) is 1. The first kappa shape index (κ1) is 9.68. The first-order valence-electron chi connectivity index (χ1n) is 4.09. The molecule has 4 heteroatoms. The van der Waals surface area contributed by atoms with Gasteiger partial charge in [0.15, 0.2) is 0 Å². The third kappa shape index (κ3) is 1.35. The maximum Gasteiger partial charge on any atom is 0.137 e. The van der Waals surface area contributed by atoms with Crippen molar-refractivity contribution in [2.75, 3.05) is 14.2 Å². The molecular weight excluding hydrogens is 216 g/mol. The molecule has 0 spiro atoms. The van der Waals surface area contributed by atoms with Crippen molar-refractivity contribution in [3.63, 3.8) is 0 Å². The van der Waals surface area contributed by atoms with Crippen molar-refractivity contribution in [2.24, 2.45) is 0 Å². The first-order valence-corrected chi connectivity index (χ1v) is 5.41. The minimum absolute atomic E-state index is 0.750. The van der Waals surface area contributed by atoms with Crippen molar-refractivity contribution in [2.45, 2.75) is 4.90 Å². The van der Waals surface area contributed by atoms with Gasteiger partial charge >= 0.3 is 0 Å². The smallest absolute Gasteiger partial charge is 0.137 e. The third-order valence-electron chi connectivity index (χ3n) is 2.08. The highest BCUT2D eigenvalue weighted by atomic mass is 32.1. The number of thiol groups is 1. The predicted octanol–water partition coefficient (Wildman–Crippen LogP) is 3.21. The quantitative estimate of drug-likeness (QED) is 0.793. The Hall–Kier alpha value is -0.870. The first-order chi connectivity index (χ1) is 6.77. The molecule has 0 amide bonds. The molecule has 0 fully saturated rings. The minimum Gasteiger partial charge on any atom is -0.496 e. The van der Waals surface area contributed by atoms with Crippen molar-refractivity contribution in [3.8, 4) is 11.5 Å². The zero-order valence-corrected chi connectivity index (χ0v) is 9.61. The van der Waals surface area contributed by atoms with Gasteiger partial charge in [-0.15, -0.1) is 24.0 Å². The van der Waals surface area contributed by atoms with Crippen molar-refractivity contribution < 1.29 is 9.47 Å². The summed E-state index contributed by atoms with van der Waals surface area (Å²) in [5.41, 5.74) is 0. The van der Waals surface area contributed by atoms with Crippen molar-refractivity contribution in [3.05, 3.63) is 17.5 Å². The zero-order valence-electron chi connectivity index (χ0n) is 7.90. The lowest BCUT2D eigenvalue weighted by atomic mass is 10.2. The third-order valence-corrected chi connectivity index (χ3v) is 3.61. The Balaban J connectivity index is 2.80. The molecule has 0 aliphatic heterocycles. The van der Waals surface area contributed by atoms with Crippen LogP contribution in [0.4, 0.5) is 0 Å². The molecule has 1 aromatic heterocycles. The Labute approximate surface area is 91.9 Å². The number of rotatable bonds is 2. The van der Waals surface area contributed by atoms with Gasteiger partial charge in [0.2, 0.25) is 0 Å². The molecule has 14 heavy (non-hydrogen) atoms. The molecule has 2 nitrogen and oxygen atoms in total. The lowest BCUT2D eigenvalue weighted by molar-refractivity contribution is 0.391. The van der Waals surface area contributed by atoms with Gasteiger partial charge in [-0.2, -0.15) is 0 Å². The van der Waals surface area contributed by atoms with E-state index >= 15 is 0 Å². The van der Waals surface area contributed by atoms with Gasteiger partial charge in [-0.05, 0) is 11.4 Å². The lowest BCUT2D eigenvalue weighted by Gasteiger charge is -2.08. The van der Waals surface area contributed by atoms with Crippen LogP contribution in [-0.4, -0.2) is 14.2 Å². The molecule has 2 rings (SSSR count).